The predicted molar refractivity (Wildman–Crippen MR) is 74.6 cm³/mol. The molecule has 2 saturated heterocycles. The van der Waals surface area contributed by atoms with Crippen molar-refractivity contribution >= 4 is 21.8 Å². The Bertz CT molecular complexity index is 463. The molecule has 0 aliphatic carbocycles. The molecular weight excluding hydrogens is 292 g/mol. The van der Waals surface area contributed by atoms with Crippen LogP contribution in [0.3, 0.4) is 0 Å². The van der Waals surface area contributed by atoms with Crippen molar-refractivity contribution < 1.29 is 4.79 Å². The summed E-state index contributed by atoms with van der Waals surface area (Å²) in [5.41, 5.74) is 0.786. The second-order valence-electron chi connectivity index (χ2n) is 5.16. The first-order valence-corrected chi connectivity index (χ1v) is 7.31. The number of nitrogens with zero attached hydrogens (tertiary/aromatic N) is 1. The Kier molecular flexibility index (Phi) is 3.39. The van der Waals surface area contributed by atoms with Crippen LogP contribution in [0.5, 0.6) is 0 Å². The van der Waals surface area contributed by atoms with Crippen LogP contribution in [0.25, 0.3) is 0 Å². The van der Waals surface area contributed by atoms with Gasteiger partial charge in [-0.25, -0.2) is 0 Å². The second kappa shape index (κ2) is 5.02. The smallest absolute Gasteiger partial charge is 0.253 e. The zero-order chi connectivity index (χ0) is 12.5. The maximum Gasteiger partial charge on any atom is 0.253 e. The number of halogens is 1. The Balaban J connectivity index is 1.73. The third-order valence-electron chi connectivity index (χ3n) is 4.01. The number of piperidine rings is 1. The molecule has 2 aliphatic heterocycles. The molecule has 2 unspecified atom stereocenters. The van der Waals surface area contributed by atoms with E-state index in [1.54, 1.807) is 0 Å². The van der Waals surface area contributed by atoms with Crippen molar-refractivity contribution in [3.63, 3.8) is 0 Å². The highest BCUT2D eigenvalue weighted by Crippen LogP contribution is 2.25. The standard InChI is InChI=1S/C14H17BrN2O/c15-12-3-1-2-10(8-12)14(18)17-7-5-13-11(9-17)4-6-16-13/h1-3,8,11,13,16H,4-7,9H2. The van der Waals surface area contributed by atoms with Gasteiger partial charge in [-0.15, -0.1) is 0 Å². The first kappa shape index (κ1) is 12.2. The molecule has 96 valence electrons. The number of carbonyl (C=O) groups is 1. The molecule has 2 heterocycles. The first-order valence-electron chi connectivity index (χ1n) is 6.52. The van der Waals surface area contributed by atoms with E-state index in [0.717, 1.165) is 36.1 Å². The number of fused-ring (bicyclic) bond motifs is 1. The Morgan fingerprint density at radius 2 is 2.28 bits per heavy atom. The molecule has 2 aliphatic rings. The summed E-state index contributed by atoms with van der Waals surface area (Å²) in [4.78, 5) is 14.4. The first-order chi connectivity index (χ1) is 8.74. The predicted octanol–water partition coefficient (Wildman–Crippen LogP) is 2.27. The van der Waals surface area contributed by atoms with E-state index in [1.807, 2.05) is 29.2 Å². The number of rotatable bonds is 1. The fourth-order valence-corrected chi connectivity index (χ4v) is 3.44. The molecule has 3 rings (SSSR count). The lowest BCUT2D eigenvalue weighted by atomic mass is 9.93. The lowest BCUT2D eigenvalue weighted by Crippen LogP contribution is -2.46. The van der Waals surface area contributed by atoms with Gasteiger partial charge >= 0.3 is 0 Å². The van der Waals surface area contributed by atoms with Gasteiger partial charge in [-0.1, -0.05) is 22.0 Å². The normalized spacial score (nSPS) is 27.1. The van der Waals surface area contributed by atoms with Gasteiger partial charge in [0.2, 0.25) is 0 Å². The molecular formula is C14H17BrN2O. The summed E-state index contributed by atoms with van der Waals surface area (Å²) < 4.78 is 0.964. The Hall–Kier alpha value is -0.870. The zero-order valence-corrected chi connectivity index (χ0v) is 11.8. The van der Waals surface area contributed by atoms with E-state index in [4.69, 9.17) is 0 Å². The zero-order valence-electron chi connectivity index (χ0n) is 10.2. The molecule has 0 spiro atoms. The van der Waals surface area contributed by atoms with E-state index in [1.165, 1.54) is 6.42 Å². The van der Waals surface area contributed by atoms with E-state index >= 15 is 0 Å². The largest absolute Gasteiger partial charge is 0.338 e. The van der Waals surface area contributed by atoms with Gasteiger partial charge in [0.25, 0.3) is 5.91 Å². The van der Waals surface area contributed by atoms with Crippen LogP contribution in [-0.2, 0) is 0 Å². The van der Waals surface area contributed by atoms with Crippen molar-refractivity contribution in [3.8, 4) is 0 Å². The van der Waals surface area contributed by atoms with Gasteiger partial charge in [-0.3, -0.25) is 4.79 Å². The lowest BCUT2D eigenvalue weighted by Gasteiger charge is -2.35. The number of nitrogens with one attached hydrogen (secondary N) is 1. The third-order valence-corrected chi connectivity index (χ3v) is 4.51. The molecule has 3 nitrogen and oxygen atoms in total. The van der Waals surface area contributed by atoms with Crippen molar-refractivity contribution in [1.29, 1.82) is 0 Å². The minimum atomic E-state index is 0.168. The molecule has 0 aromatic heterocycles. The molecule has 2 fully saturated rings. The van der Waals surface area contributed by atoms with Gasteiger partial charge in [-0.2, -0.15) is 0 Å². The van der Waals surface area contributed by atoms with Crippen LogP contribution in [0, 0.1) is 5.92 Å². The van der Waals surface area contributed by atoms with E-state index in [2.05, 4.69) is 21.2 Å². The molecule has 1 amide bonds. The van der Waals surface area contributed by atoms with Gasteiger partial charge in [0.15, 0.2) is 0 Å². The number of hydrogen-bond donors (Lipinski definition) is 1. The number of carbonyl (C=O) groups excluding carboxylic acids is 1. The van der Waals surface area contributed by atoms with Crippen molar-refractivity contribution in [2.45, 2.75) is 18.9 Å². The maximum absolute atomic E-state index is 12.4. The number of hydrogen-bond acceptors (Lipinski definition) is 2. The molecule has 0 bridgehead atoms. The Morgan fingerprint density at radius 1 is 1.39 bits per heavy atom. The van der Waals surface area contributed by atoms with Crippen LogP contribution < -0.4 is 5.32 Å². The van der Waals surface area contributed by atoms with Gasteiger partial charge in [0.1, 0.15) is 0 Å². The third kappa shape index (κ3) is 2.31. The highest BCUT2D eigenvalue weighted by atomic mass is 79.9. The Labute approximate surface area is 116 Å². The molecule has 0 radical (unpaired) electrons. The molecule has 1 aromatic carbocycles. The van der Waals surface area contributed by atoms with Crippen LogP contribution in [0.2, 0.25) is 0 Å². The molecule has 4 heteroatoms. The number of likely N-dealkylation sites (tertiary alicyclic amines) is 1. The van der Waals surface area contributed by atoms with Crippen molar-refractivity contribution in [2.75, 3.05) is 19.6 Å². The average molecular weight is 309 g/mol. The van der Waals surface area contributed by atoms with Crippen LogP contribution in [0.1, 0.15) is 23.2 Å². The quantitative estimate of drug-likeness (QED) is 0.863. The van der Waals surface area contributed by atoms with Crippen molar-refractivity contribution in [2.24, 2.45) is 5.92 Å². The summed E-state index contributed by atoms with van der Waals surface area (Å²) in [5.74, 6) is 0.816. The summed E-state index contributed by atoms with van der Waals surface area (Å²) in [6.45, 7) is 2.89. The minimum absolute atomic E-state index is 0.168. The molecule has 18 heavy (non-hydrogen) atoms. The van der Waals surface area contributed by atoms with Gasteiger partial charge in [0.05, 0.1) is 0 Å². The summed E-state index contributed by atoms with van der Waals surface area (Å²) in [7, 11) is 0. The SMILES string of the molecule is O=C(c1cccc(Br)c1)N1CCC2NCCC2C1. The minimum Gasteiger partial charge on any atom is -0.338 e. The van der Waals surface area contributed by atoms with Crippen LogP contribution >= 0.6 is 15.9 Å². The summed E-state index contributed by atoms with van der Waals surface area (Å²) in [5, 5.41) is 3.52. The van der Waals surface area contributed by atoms with E-state index in [-0.39, 0.29) is 5.91 Å². The molecule has 0 saturated carbocycles. The van der Waals surface area contributed by atoms with Crippen LogP contribution in [0.4, 0.5) is 0 Å². The lowest BCUT2D eigenvalue weighted by molar-refractivity contribution is 0.0662. The van der Waals surface area contributed by atoms with Gasteiger partial charge < -0.3 is 10.2 Å². The molecule has 1 N–H and O–H groups in total. The van der Waals surface area contributed by atoms with Crippen molar-refractivity contribution in [3.05, 3.63) is 34.3 Å². The summed E-state index contributed by atoms with van der Waals surface area (Å²) >= 11 is 3.42. The average Bonchev–Trinajstić information content (AvgIpc) is 2.85. The fourth-order valence-electron chi connectivity index (χ4n) is 3.04. The second-order valence-corrected chi connectivity index (χ2v) is 6.08. The van der Waals surface area contributed by atoms with Crippen LogP contribution in [0.15, 0.2) is 28.7 Å². The summed E-state index contributed by atoms with van der Waals surface area (Å²) in [6, 6.07) is 8.30. The Morgan fingerprint density at radius 3 is 3.11 bits per heavy atom. The molecule has 1 aromatic rings. The molecule has 2 atom stereocenters. The highest BCUT2D eigenvalue weighted by Gasteiger charge is 2.34. The highest BCUT2D eigenvalue weighted by molar-refractivity contribution is 9.10. The van der Waals surface area contributed by atoms with Gasteiger partial charge in [0, 0.05) is 29.2 Å². The van der Waals surface area contributed by atoms with E-state index < -0.39 is 0 Å². The van der Waals surface area contributed by atoms with Crippen LogP contribution in [-0.4, -0.2) is 36.5 Å². The number of benzene rings is 1. The topological polar surface area (TPSA) is 32.3 Å². The summed E-state index contributed by atoms with van der Waals surface area (Å²) in [6.07, 6.45) is 2.29. The maximum atomic E-state index is 12.4. The van der Waals surface area contributed by atoms with Crippen molar-refractivity contribution in [1.82, 2.24) is 10.2 Å². The fraction of sp³-hybridized carbons (Fsp3) is 0.500. The monoisotopic (exact) mass is 308 g/mol. The van der Waals surface area contributed by atoms with E-state index in [9.17, 15) is 4.79 Å². The van der Waals surface area contributed by atoms with Gasteiger partial charge in [-0.05, 0) is 43.5 Å². The number of amides is 1. The van der Waals surface area contributed by atoms with E-state index in [0.29, 0.717) is 12.0 Å².